The lowest BCUT2D eigenvalue weighted by Crippen LogP contribution is -2.36. The Kier molecular flexibility index (Phi) is 7.44. The number of benzene rings is 2. The Morgan fingerprint density at radius 3 is 2.00 bits per heavy atom. The molecule has 0 spiro atoms. The Balaban J connectivity index is 2.29. The van der Waals surface area contributed by atoms with Gasteiger partial charge in [0.05, 0.1) is 10.5 Å². The van der Waals surface area contributed by atoms with Crippen molar-refractivity contribution in [3.63, 3.8) is 0 Å². The molecule has 0 fully saturated rings. The summed E-state index contributed by atoms with van der Waals surface area (Å²) in [7, 11) is -4.76. The zero-order valence-electron chi connectivity index (χ0n) is 15.9. The number of hydrogen-bond acceptors (Lipinski definition) is 5. The van der Waals surface area contributed by atoms with E-state index in [0.29, 0.717) is 18.7 Å². The van der Waals surface area contributed by atoms with Crippen LogP contribution in [0.5, 0.6) is 0 Å². The van der Waals surface area contributed by atoms with E-state index in [2.05, 4.69) is 0 Å². The fourth-order valence-corrected chi connectivity index (χ4v) is 3.37. The molecule has 0 N–H and O–H groups in total. The van der Waals surface area contributed by atoms with Crippen molar-refractivity contribution < 1.29 is 31.5 Å². The normalized spacial score (nSPS) is 12.4. The number of carbonyl (C=O) groups excluding carboxylic acids is 2. The second-order valence-corrected chi connectivity index (χ2v) is 7.95. The summed E-state index contributed by atoms with van der Waals surface area (Å²) in [4.78, 5) is 26.3. The molecule has 0 unspecified atom stereocenters. The maximum Gasteiger partial charge on any atom is 0.341 e. The molecule has 0 saturated carbocycles. The molecule has 156 valence electrons. The van der Waals surface area contributed by atoms with Crippen LogP contribution in [0.1, 0.15) is 35.9 Å². The van der Waals surface area contributed by atoms with Crippen LogP contribution in [0.25, 0.3) is 0 Å². The number of hydrogen-bond donors (Lipinski definition) is 0. The zero-order chi connectivity index (χ0) is 21.6. The van der Waals surface area contributed by atoms with Crippen molar-refractivity contribution in [1.29, 1.82) is 0 Å². The van der Waals surface area contributed by atoms with Gasteiger partial charge in [0, 0.05) is 18.7 Å². The van der Waals surface area contributed by atoms with E-state index in [0.717, 1.165) is 24.3 Å². The van der Waals surface area contributed by atoms with Crippen LogP contribution in [0, 0.1) is 0 Å². The summed E-state index contributed by atoms with van der Waals surface area (Å²) in [5.41, 5.74) is 0.418. The second-order valence-electron chi connectivity index (χ2n) is 6.04. The summed E-state index contributed by atoms with van der Waals surface area (Å²) in [6.45, 7) is 4.45. The summed E-state index contributed by atoms with van der Waals surface area (Å²) < 4.78 is 53.6. The van der Waals surface area contributed by atoms with E-state index < -0.39 is 38.5 Å². The number of carbonyl (C=O) groups is 2. The highest BCUT2D eigenvalue weighted by atomic mass is 32.2. The van der Waals surface area contributed by atoms with E-state index in [1.54, 1.807) is 44.2 Å². The molecule has 0 aliphatic carbocycles. The van der Waals surface area contributed by atoms with Gasteiger partial charge in [-0.15, -0.1) is 0 Å². The van der Waals surface area contributed by atoms with Gasteiger partial charge in [-0.3, -0.25) is 4.79 Å². The molecule has 29 heavy (non-hydrogen) atoms. The molecule has 6 nitrogen and oxygen atoms in total. The third-order valence-electron chi connectivity index (χ3n) is 4.28. The Morgan fingerprint density at radius 1 is 0.966 bits per heavy atom. The molecule has 2 aromatic rings. The van der Waals surface area contributed by atoms with Crippen molar-refractivity contribution in [2.24, 2.45) is 0 Å². The second kappa shape index (κ2) is 9.60. The van der Waals surface area contributed by atoms with Crippen LogP contribution in [0.4, 0.5) is 8.78 Å². The Labute approximate surface area is 168 Å². The summed E-state index contributed by atoms with van der Waals surface area (Å²) in [6.07, 6.45) is -1.19. The molecule has 2 rings (SSSR count). The molecule has 1 amide bonds. The van der Waals surface area contributed by atoms with Gasteiger partial charge in [-0.2, -0.15) is 8.78 Å². The molecule has 1 atom stereocenters. The fourth-order valence-electron chi connectivity index (χ4n) is 2.65. The van der Waals surface area contributed by atoms with Gasteiger partial charge in [0.2, 0.25) is 15.9 Å². The maximum absolute atomic E-state index is 12.8. The lowest BCUT2D eigenvalue weighted by Gasteiger charge is -2.25. The number of esters is 1. The van der Waals surface area contributed by atoms with E-state index in [-0.39, 0.29) is 5.56 Å². The number of sulfone groups is 1. The van der Waals surface area contributed by atoms with Crippen molar-refractivity contribution in [3.05, 3.63) is 65.7 Å². The predicted molar refractivity (Wildman–Crippen MR) is 102 cm³/mol. The molecule has 0 radical (unpaired) electrons. The summed E-state index contributed by atoms with van der Waals surface area (Å²) in [6, 6.07) is 12.4. The summed E-state index contributed by atoms with van der Waals surface area (Å²) in [5.74, 6) is -4.83. The van der Waals surface area contributed by atoms with Crippen molar-refractivity contribution in [2.45, 2.75) is 30.6 Å². The lowest BCUT2D eigenvalue weighted by atomic mass is 10.1. The van der Waals surface area contributed by atoms with Crippen LogP contribution in [-0.2, 0) is 19.4 Å². The minimum Gasteiger partial charge on any atom is -0.444 e. The quantitative estimate of drug-likeness (QED) is 0.605. The molecule has 0 aliphatic heterocycles. The highest BCUT2D eigenvalue weighted by Crippen LogP contribution is 2.23. The van der Waals surface area contributed by atoms with Crippen molar-refractivity contribution >= 4 is 21.7 Å². The van der Waals surface area contributed by atoms with Gasteiger partial charge in [0.1, 0.15) is 0 Å². The number of halogens is 2. The van der Waals surface area contributed by atoms with Crippen LogP contribution in [0.15, 0.2) is 59.5 Å². The van der Waals surface area contributed by atoms with Gasteiger partial charge in [-0.1, -0.05) is 30.3 Å². The number of likely N-dealkylation sites (N-methyl/N-ethyl adjacent to an activating group) is 1. The highest BCUT2D eigenvalue weighted by Gasteiger charge is 2.30. The monoisotopic (exact) mass is 425 g/mol. The molecule has 9 heteroatoms. The van der Waals surface area contributed by atoms with E-state index >= 15 is 0 Å². The maximum atomic E-state index is 12.8. The van der Waals surface area contributed by atoms with Crippen molar-refractivity contribution in [2.75, 3.05) is 13.1 Å². The Hall–Kier alpha value is -2.81. The van der Waals surface area contributed by atoms with Gasteiger partial charge in [-0.25, -0.2) is 13.2 Å². The van der Waals surface area contributed by atoms with E-state index in [1.807, 2.05) is 0 Å². The molecular weight excluding hydrogens is 404 g/mol. The third-order valence-corrected chi connectivity index (χ3v) is 5.68. The van der Waals surface area contributed by atoms with E-state index in [9.17, 15) is 26.8 Å². The number of amides is 1. The van der Waals surface area contributed by atoms with Gasteiger partial charge < -0.3 is 9.64 Å². The predicted octanol–water partition coefficient (Wildman–Crippen LogP) is 3.45. The van der Waals surface area contributed by atoms with Gasteiger partial charge in [0.15, 0.2) is 0 Å². The molecule has 0 heterocycles. The molecule has 0 bridgehead atoms. The average Bonchev–Trinajstić information content (AvgIpc) is 2.73. The smallest absolute Gasteiger partial charge is 0.341 e. The molecule has 0 aromatic heterocycles. The first kappa shape index (κ1) is 22.5. The van der Waals surface area contributed by atoms with Crippen LogP contribution in [0.2, 0.25) is 0 Å². The number of rotatable bonds is 8. The van der Waals surface area contributed by atoms with Gasteiger partial charge in [-0.05, 0) is 38.1 Å². The SMILES string of the molecule is CCN(CC)C(=O)[C@@H](OC(=O)c1ccc(S(=O)(=O)C(F)F)cc1)c1ccccc1. The first-order valence-corrected chi connectivity index (χ1v) is 10.4. The summed E-state index contributed by atoms with van der Waals surface area (Å²) in [5, 5.41) is 0. The van der Waals surface area contributed by atoms with Crippen LogP contribution >= 0.6 is 0 Å². The summed E-state index contributed by atoms with van der Waals surface area (Å²) >= 11 is 0. The lowest BCUT2D eigenvalue weighted by molar-refractivity contribution is -0.140. The number of nitrogens with zero attached hydrogens (tertiary/aromatic N) is 1. The Bertz CT molecular complexity index is 943. The largest absolute Gasteiger partial charge is 0.444 e. The van der Waals surface area contributed by atoms with Crippen LogP contribution in [-0.4, -0.2) is 44.0 Å². The highest BCUT2D eigenvalue weighted by molar-refractivity contribution is 7.91. The Morgan fingerprint density at radius 2 is 1.52 bits per heavy atom. The number of alkyl halides is 2. The first-order chi connectivity index (χ1) is 13.7. The fraction of sp³-hybridized carbons (Fsp3) is 0.300. The first-order valence-electron chi connectivity index (χ1n) is 8.89. The topological polar surface area (TPSA) is 80.8 Å². The zero-order valence-corrected chi connectivity index (χ0v) is 16.7. The van der Waals surface area contributed by atoms with Crippen LogP contribution < -0.4 is 0 Å². The minimum absolute atomic E-state index is 0.0634. The molecule has 0 saturated heterocycles. The number of ether oxygens (including phenoxy) is 1. The van der Waals surface area contributed by atoms with Crippen LogP contribution in [0.3, 0.4) is 0 Å². The van der Waals surface area contributed by atoms with Gasteiger partial charge >= 0.3 is 11.7 Å². The van der Waals surface area contributed by atoms with Gasteiger partial charge in [0.25, 0.3) is 5.91 Å². The van der Waals surface area contributed by atoms with Crippen molar-refractivity contribution in [1.82, 2.24) is 4.90 Å². The van der Waals surface area contributed by atoms with E-state index in [1.165, 1.54) is 4.90 Å². The molecular formula is C20H21F2NO5S. The van der Waals surface area contributed by atoms with Crippen molar-refractivity contribution in [3.8, 4) is 0 Å². The molecule has 2 aromatic carbocycles. The average molecular weight is 425 g/mol. The minimum atomic E-state index is -4.76. The third kappa shape index (κ3) is 5.17. The molecule has 0 aliphatic rings. The standard InChI is InChI=1S/C20H21F2NO5S/c1-3-23(4-2)18(24)17(14-8-6-5-7-9-14)28-19(25)15-10-12-16(13-11-15)29(26,27)20(21)22/h5-13,17,20H,3-4H2,1-2H3/t17-/m0/s1. The van der Waals surface area contributed by atoms with E-state index in [4.69, 9.17) is 4.74 Å².